The molecule has 2 rings (SSSR count). The Hall–Kier alpha value is -0.820. The molecule has 1 aliphatic rings. The number of benzene rings is 1. The largest absolute Gasteiger partial charge is 0.316 e. The standard InChI is InChI=1S/C19H31N/c1-6-9-20-13-19(11-17(12-19)14(2)3)18-8-7-15(4)16(5)10-18/h7-8,10,14,17,20H,6,9,11-13H2,1-5H3. The molecule has 20 heavy (non-hydrogen) atoms. The van der Waals surface area contributed by atoms with E-state index >= 15 is 0 Å². The summed E-state index contributed by atoms with van der Waals surface area (Å²) in [5, 5.41) is 3.67. The average Bonchev–Trinajstić information content (AvgIpc) is 2.35. The minimum Gasteiger partial charge on any atom is -0.316 e. The lowest BCUT2D eigenvalue weighted by Gasteiger charge is -2.50. The van der Waals surface area contributed by atoms with Crippen molar-refractivity contribution in [2.45, 2.75) is 59.3 Å². The zero-order valence-corrected chi connectivity index (χ0v) is 13.9. The smallest absolute Gasteiger partial charge is 0.00833 e. The molecule has 0 amide bonds. The molecule has 1 aromatic carbocycles. The molecule has 0 aliphatic heterocycles. The first-order chi connectivity index (χ1) is 9.48. The van der Waals surface area contributed by atoms with Gasteiger partial charge in [-0.2, -0.15) is 0 Å². The molecule has 1 aliphatic carbocycles. The Kier molecular flexibility index (Phi) is 4.90. The van der Waals surface area contributed by atoms with Crippen LogP contribution >= 0.6 is 0 Å². The summed E-state index contributed by atoms with van der Waals surface area (Å²) in [4.78, 5) is 0. The molecule has 0 aromatic heterocycles. The fourth-order valence-corrected chi connectivity index (χ4v) is 3.47. The van der Waals surface area contributed by atoms with Gasteiger partial charge in [-0.3, -0.25) is 0 Å². The van der Waals surface area contributed by atoms with Crippen LogP contribution in [-0.4, -0.2) is 13.1 Å². The van der Waals surface area contributed by atoms with E-state index in [1.807, 2.05) is 0 Å². The normalized spacial score (nSPS) is 25.8. The number of aryl methyl sites for hydroxylation is 2. The summed E-state index contributed by atoms with van der Waals surface area (Å²) in [6, 6.07) is 7.10. The molecule has 0 saturated heterocycles. The second kappa shape index (κ2) is 6.30. The maximum Gasteiger partial charge on any atom is 0.00833 e. The van der Waals surface area contributed by atoms with Crippen LogP contribution in [0, 0.1) is 25.7 Å². The minimum atomic E-state index is 0.391. The van der Waals surface area contributed by atoms with E-state index in [0.29, 0.717) is 5.41 Å². The first-order valence-electron chi connectivity index (χ1n) is 8.27. The van der Waals surface area contributed by atoms with Crippen molar-refractivity contribution < 1.29 is 0 Å². The highest BCUT2D eigenvalue weighted by atomic mass is 14.9. The van der Waals surface area contributed by atoms with Crippen LogP contribution < -0.4 is 5.32 Å². The molecule has 0 unspecified atom stereocenters. The summed E-state index contributed by atoms with van der Waals surface area (Å²) in [6.45, 7) is 13.7. The lowest BCUT2D eigenvalue weighted by Crippen LogP contribution is -2.50. The first kappa shape index (κ1) is 15.6. The summed E-state index contributed by atoms with van der Waals surface area (Å²) in [6.07, 6.45) is 3.92. The monoisotopic (exact) mass is 273 g/mol. The van der Waals surface area contributed by atoms with E-state index in [2.05, 4.69) is 58.1 Å². The van der Waals surface area contributed by atoms with Gasteiger partial charge in [0.25, 0.3) is 0 Å². The van der Waals surface area contributed by atoms with Gasteiger partial charge >= 0.3 is 0 Å². The van der Waals surface area contributed by atoms with Crippen LogP contribution in [0.3, 0.4) is 0 Å². The van der Waals surface area contributed by atoms with E-state index in [0.717, 1.165) is 24.9 Å². The SMILES string of the molecule is CCCNCC1(c2ccc(C)c(C)c2)CC(C(C)C)C1. The lowest BCUT2D eigenvalue weighted by atomic mass is 9.55. The fourth-order valence-electron chi connectivity index (χ4n) is 3.47. The highest BCUT2D eigenvalue weighted by molar-refractivity contribution is 5.37. The predicted molar refractivity (Wildman–Crippen MR) is 88.3 cm³/mol. The van der Waals surface area contributed by atoms with Crippen molar-refractivity contribution in [2.24, 2.45) is 11.8 Å². The van der Waals surface area contributed by atoms with E-state index in [1.54, 1.807) is 5.56 Å². The minimum absolute atomic E-state index is 0.391. The third-order valence-corrected chi connectivity index (χ3v) is 5.26. The molecule has 1 heteroatoms. The third kappa shape index (κ3) is 3.09. The maximum atomic E-state index is 3.67. The quantitative estimate of drug-likeness (QED) is 0.747. The maximum absolute atomic E-state index is 3.67. The Bertz CT molecular complexity index is 441. The van der Waals surface area contributed by atoms with E-state index < -0.39 is 0 Å². The molecular formula is C19H31N. The molecule has 0 atom stereocenters. The van der Waals surface area contributed by atoms with Crippen molar-refractivity contribution in [1.82, 2.24) is 5.32 Å². The summed E-state index contributed by atoms with van der Waals surface area (Å²) in [7, 11) is 0. The molecule has 0 bridgehead atoms. The highest BCUT2D eigenvalue weighted by Crippen LogP contribution is 2.50. The summed E-state index contributed by atoms with van der Waals surface area (Å²) in [5.41, 5.74) is 4.79. The van der Waals surface area contributed by atoms with Gasteiger partial charge in [0.05, 0.1) is 0 Å². The molecule has 1 nitrogen and oxygen atoms in total. The molecule has 0 spiro atoms. The molecule has 1 N–H and O–H groups in total. The molecular weight excluding hydrogens is 242 g/mol. The Morgan fingerprint density at radius 3 is 2.45 bits per heavy atom. The molecule has 112 valence electrons. The van der Waals surface area contributed by atoms with Crippen molar-refractivity contribution in [3.8, 4) is 0 Å². The van der Waals surface area contributed by atoms with E-state index in [-0.39, 0.29) is 0 Å². The van der Waals surface area contributed by atoms with E-state index in [1.165, 1.54) is 30.4 Å². The molecule has 1 saturated carbocycles. The lowest BCUT2D eigenvalue weighted by molar-refractivity contribution is 0.0978. The zero-order valence-electron chi connectivity index (χ0n) is 13.9. The van der Waals surface area contributed by atoms with Crippen LogP contribution in [0.4, 0.5) is 0 Å². The summed E-state index contributed by atoms with van der Waals surface area (Å²) >= 11 is 0. The second-order valence-corrected chi connectivity index (χ2v) is 7.17. The van der Waals surface area contributed by atoms with Gasteiger partial charge < -0.3 is 5.32 Å². The van der Waals surface area contributed by atoms with Crippen LogP contribution in [0.5, 0.6) is 0 Å². The van der Waals surface area contributed by atoms with Crippen LogP contribution in [0.15, 0.2) is 18.2 Å². The predicted octanol–water partition coefficient (Wildman–Crippen LogP) is 4.61. The fraction of sp³-hybridized carbons (Fsp3) is 0.684. The van der Waals surface area contributed by atoms with Gasteiger partial charge in [-0.25, -0.2) is 0 Å². The Labute approximate surface area is 125 Å². The number of hydrogen-bond donors (Lipinski definition) is 1. The first-order valence-corrected chi connectivity index (χ1v) is 8.27. The van der Waals surface area contributed by atoms with Gasteiger partial charge in [-0.1, -0.05) is 39.0 Å². The van der Waals surface area contributed by atoms with Gasteiger partial charge in [-0.05, 0) is 68.2 Å². The van der Waals surface area contributed by atoms with E-state index in [9.17, 15) is 0 Å². The Morgan fingerprint density at radius 1 is 1.20 bits per heavy atom. The Morgan fingerprint density at radius 2 is 1.90 bits per heavy atom. The van der Waals surface area contributed by atoms with Crippen LogP contribution in [-0.2, 0) is 5.41 Å². The van der Waals surface area contributed by atoms with Gasteiger partial charge in [0.2, 0.25) is 0 Å². The molecule has 1 fully saturated rings. The van der Waals surface area contributed by atoms with E-state index in [4.69, 9.17) is 0 Å². The molecule has 1 aromatic rings. The van der Waals surface area contributed by atoms with Gasteiger partial charge in [0.15, 0.2) is 0 Å². The van der Waals surface area contributed by atoms with Crippen molar-refractivity contribution in [1.29, 1.82) is 0 Å². The van der Waals surface area contributed by atoms with Gasteiger partial charge in [0.1, 0.15) is 0 Å². The number of nitrogens with one attached hydrogen (secondary N) is 1. The Balaban J connectivity index is 2.16. The van der Waals surface area contributed by atoms with Crippen LogP contribution in [0.2, 0.25) is 0 Å². The number of rotatable bonds is 6. The highest BCUT2D eigenvalue weighted by Gasteiger charge is 2.45. The molecule has 0 heterocycles. The average molecular weight is 273 g/mol. The van der Waals surface area contributed by atoms with Crippen molar-refractivity contribution >= 4 is 0 Å². The van der Waals surface area contributed by atoms with Crippen LogP contribution in [0.1, 0.15) is 56.7 Å². The summed E-state index contributed by atoms with van der Waals surface area (Å²) in [5.74, 6) is 1.72. The third-order valence-electron chi connectivity index (χ3n) is 5.26. The molecule has 0 radical (unpaired) electrons. The van der Waals surface area contributed by atoms with Crippen molar-refractivity contribution in [3.05, 3.63) is 34.9 Å². The second-order valence-electron chi connectivity index (χ2n) is 7.17. The van der Waals surface area contributed by atoms with Crippen LogP contribution in [0.25, 0.3) is 0 Å². The zero-order chi connectivity index (χ0) is 14.8. The summed E-state index contributed by atoms with van der Waals surface area (Å²) < 4.78 is 0. The number of hydrogen-bond acceptors (Lipinski definition) is 1. The van der Waals surface area contributed by atoms with Crippen molar-refractivity contribution in [2.75, 3.05) is 13.1 Å². The van der Waals surface area contributed by atoms with Gasteiger partial charge in [-0.15, -0.1) is 0 Å². The van der Waals surface area contributed by atoms with Crippen molar-refractivity contribution in [3.63, 3.8) is 0 Å². The van der Waals surface area contributed by atoms with Gasteiger partial charge in [0, 0.05) is 12.0 Å². The topological polar surface area (TPSA) is 12.0 Å².